The Kier molecular flexibility index (Phi) is 3.55. The lowest BCUT2D eigenvalue weighted by Crippen LogP contribution is -2.21. The molecule has 2 aromatic carbocycles. The van der Waals surface area contributed by atoms with Gasteiger partial charge in [-0.05, 0) is 23.3 Å². The van der Waals surface area contributed by atoms with Crippen molar-refractivity contribution in [1.29, 1.82) is 0 Å². The first-order valence-corrected chi connectivity index (χ1v) is 5.51. The molecule has 0 aliphatic carbocycles. The highest BCUT2D eigenvalue weighted by Gasteiger charge is 2.26. The van der Waals surface area contributed by atoms with E-state index in [0.717, 1.165) is 11.1 Å². The van der Waals surface area contributed by atoms with Gasteiger partial charge in [0.15, 0.2) is 0 Å². The van der Waals surface area contributed by atoms with Crippen LogP contribution >= 0.6 is 0 Å². The number of hydrogen-bond acceptors (Lipinski definition) is 1. The fourth-order valence-electron chi connectivity index (χ4n) is 1.61. The number of nitrogens with one attached hydrogen (secondary N) is 1. The zero-order valence-corrected chi connectivity index (χ0v) is 9.54. The lowest BCUT2D eigenvalue weighted by atomic mass is 10.1. The Labute approximate surface area is 103 Å². The molecule has 1 N–H and O–H groups in total. The fraction of sp³-hybridized carbons (Fsp3) is 0.143. The predicted octanol–water partition coefficient (Wildman–Crippen LogP) is 4.33. The quantitative estimate of drug-likeness (QED) is 0.856. The number of halogens is 3. The average molecular weight is 251 g/mol. The first kappa shape index (κ1) is 12.5. The summed E-state index contributed by atoms with van der Waals surface area (Å²) in [7, 11) is 0. The van der Waals surface area contributed by atoms with Crippen LogP contribution in [-0.2, 0) is 0 Å². The summed E-state index contributed by atoms with van der Waals surface area (Å²) in [6, 6.07) is 16.6. The maximum Gasteiger partial charge on any atom is 0.405 e. The third-order valence-corrected chi connectivity index (χ3v) is 2.48. The van der Waals surface area contributed by atoms with Crippen LogP contribution in [-0.4, -0.2) is 12.7 Å². The van der Waals surface area contributed by atoms with Gasteiger partial charge in [0.25, 0.3) is 0 Å². The van der Waals surface area contributed by atoms with E-state index in [9.17, 15) is 13.2 Å². The average Bonchev–Trinajstić information content (AvgIpc) is 2.37. The molecule has 4 heteroatoms. The SMILES string of the molecule is FC(F)(F)CNc1ccc(-c2ccccc2)cc1. The van der Waals surface area contributed by atoms with Crippen molar-refractivity contribution in [2.75, 3.05) is 11.9 Å². The van der Waals surface area contributed by atoms with Crippen LogP contribution in [0.4, 0.5) is 18.9 Å². The molecule has 0 fully saturated rings. The number of anilines is 1. The van der Waals surface area contributed by atoms with E-state index >= 15 is 0 Å². The molecule has 0 bridgehead atoms. The summed E-state index contributed by atoms with van der Waals surface area (Å²) < 4.78 is 36.1. The third-order valence-electron chi connectivity index (χ3n) is 2.48. The van der Waals surface area contributed by atoms with Gasteiger partial charge in [-0.15, -0.1) is 0 Å². The zero-order chi connectivity index (χ0) is 13.0. The molecule has 1 nitrogen and oxygen atoms in total. The minimum Gasteiger partial charge on any atom is -0.376 e. The molecule has 0 unspecified atom stereocenters. The minimum atomic E-state index is -4.20. The molecular formula is C14H12F3N. The van der Waals surface area contributed by atoms with Gasteiger partial charge < -0.3 is 5.32 Å². The summed E-state index contributed by atoms with van der Waals surface area (Å²) in [6.45, 7) is -1.02. The summed E-state index contributed by atoms with van der Waals surface area (Å²) in [6.07, 6.45) is -4.20. The van der Waals surface area contributed by atoms with Gasteiger partial charge >= 0.3 is 6.18 Å². The van der Waals surface area contributed by atoms with Crippen molar-refractivity contribution in [1.82, 2.24) is 0 Å². The third kappa shape index (κ3) is 3.52. The highest BCUT2D eigenvalue weighted by molar-refractivity contribution is 5.65. The van der Waals surface area contributed by atoms with Gasteiger partial charge in [-0.3, -0.25) is 0 Å². The van der Waals surface area contributed by atoms with Gasteiger partial charge in [0.2, 0.25) is 0 Å². The molecule has 0 aromatic heterocycles. The van der Waals surface area contributed by atoms with E-state index < -0.39 is 12.7 Å². The smallest absolute Gasteiger partial charge is 0.376 e. The topological polar surface area (TPSA) is 12.0 Å². The molecule has 0 heterocycles. The second-order valence-corrected chi connectivity index (χ2v) is 3.91. The van der Waals surface area contributed by atoms with Crippen molar-refractivity contribution in [3.63, 3.8) is 0 Å². The number of benzene rings is 2. The Morgan fingerprint density at radius 1 is 0.778 bits per heavy atom. The Morgan fingerprint density at radius 3 is 1.89 bits per heavy atom. The van der Waals surface area contributed by atoms with Crippen molar-refractivity contribution in [3.05, 3.63) is 54.6 Å². The molecule has 0 amide bonds. The maximum atomic E-state index is 12.0. The summed E-state index contributed by atoms with van der Waals surface area (Å²) in [4.78, 5) is 0. The molecule has 0 saturated carbocycles. The number of alkyl halides is 3. The molecule has 94 valence electrons. The molecule has 2 aromatic rings. The Morgan fingerprint density at radius 2 is 1.33 bits per heavy atom. The second kappa shape index (κ2) is 5.12. The molecular weight excluding hydrogens is 239 g/mol. The zero-order valence-electron chi connectivity index (χ0n) is 9.54. The van der Waals surface area contributed by atoms with Gasteiger partial charge in [0.05, 0.1) is 0 Å². The van der Waals surface area contributed by atoms with E-state index in [1.54, 1.807) is 24.3 Å². The molecule has 0 saturated heterocycles. The highest BCUT2D eigenvalue weighted by Crippen LogP contribution is 2.22. The van der Waals surface area contributed by atoms with E-state index in [-0.39, 0.29) is 0 Å². The van der Waals surface area contributed by atoms with Gasteiger partial charge in [0, 0.05) is 5.69 Å². The van der Waals surface area contributed by atoms with Crippen molar-refractivity contribution in [2.24, 2.45) is 0 Å². The normalized spacial score (nSPS) is 11.3. The molecule has 0 spiro atoms. The molecule has 0 aliphatic heterocycles. The van der Waals surface area contributed by atoms with Crippen LogP contribution in [0.15, 0.2) is 54.6 Å². The fourth-order valence-corrected chi connectivity index (χ4v) is 1.61. The summed E-state index contributed by atoms with van der Waals surface area (Å²) in [5.41, 5.74) is 2.49. The van der Waals surface area contributed by atoms with E-state index in [1.807, 2.05) is 30.3 Å². The Hall–Kier alpha value is -1.97. The number of hydrogen-bond donors (Lipinski definition) is 1. The van der Waals surface area contributed by atoms with Crippen molar-refractivity contribution < 1.29 is 13.2 Å². The summed E-state index contributed by atoms with van der Waals surface area (Å²) in [5.74, 6) is 0. The van der Waals surface area contributed by atoms with E-state index in [2.05, 4.69) is 5.32 Å². The highest BCUT2D eigenvalue weighted by atomic mass is 19.4. The lowest BCUT2D eigenvalue weighted by Gasteiger charge is -2.10. The molecule has 0 aliphatic rings. The van der Waals surface area contributed by atoms with Gasteiger partial charge in [0.1, 0.15) is 6.54 Å². The predicted molar refractivity (Wildman–Crippen MR) is 66.4 cm³/mol. The van der Waals surface area contributed by atoms with E-state index in [0.29, 0.717) is 5.69 Å². The Bertz CT molecular complexity index is 489. The molecule has 0 atom stereocenters. The van der Waals surface area contributed by atoms with E-state index in [4.69, 9.17) is 0 Å². The van der Waals surface area contributed by atoms with E-state index in [1.165, 1.54) is 0 Å². The van der Waals surface area contributed by atoms with Crippen LogP contribution in [0.2, 0.25) is 0 Å². The minimum absolute atomic E-state index is 0.465. The van der Waals surface area contributed by atoms with Crippen LogP contribution < -0.4 is 5.32 Å². The van der Waals surface area contributed by atoms with Gasteiger partial charge in [-0.1, -0.05) is 42.5 Å². The summed E-state index contributed by atoms with van der Waals surface area (Å²) in [5, 5.41) is 2.34. The van der Waals surface area contributed by atoms with Gasteiger partial charge in [-0.25, -0.2) is 0 Å². The van der Waals surface area contributed by atoms with Crippen LogP contribution in [0.5, 0.6) is 0 Å². The van der Waals surface area contributed by atoms with Gasteiger partial charge in [-0.2, -0.15) is 13.2 Å². The van der Waals surface area contributed by atoms with Crippen LogP contribution in [0, 0.1) is 0 Å². The standard InChI is InChI=1S/C14H12F3N/c15-14(16,17)10-18-13-8-6-12(7-9-13)11-4-2-1-3-5-11/h1-9,18H,10H2. The Balaban J connectivity index is 2.07. The molecule has 18 heavy (non-hydrogen) atoms. The first-order valence-electron chi connectivity index (χ1n) is 5.51. The van der Waals surface area contributed by atoms with Crippen LogP contribution in [0.3, 0.4) is 0 Å². The summed E-state index contributed by atoms with van der Waals surface area (Å²) >= 11 is 0. The molecule has 0 radical (unpaired) electrons. The lowest BCUT2D eigenvalue weighted by molar-refractivity contribution is -0.115. The van der Waals surface area contributed by atoms with Crippen LogP contribution in [0.25, 0.3) is 11.1 Å². The van der Waals surface area contributed by atoms with Crippen molar-refractivity contribution in [3.8, 4) is 11.1 Å². The first-order chi connectivity index (χ1) is 8.54. The maximum absolute atomic E-state index is 12.0. The second-order valence-electron chi connectivity index (χ2n) is 3.91. The monoisotopic (exact) mass is 251 g/mol. The van der Waals surface area contributed by atoms with Crippen LogP contribution in [0.1, 0.15) is 0 Å². The van der Waals surface area contributed by atoms with Crippen molar-refractivity contribution >= 4 is 5.69 Å². The largest absolute Gasteiger partial charge is 0.405 e. The van der Waals surface area contributed by atoms with Crippen molar-refractivity contribution in [2.45, 2.75) is 6.18 Å². The number of rotatable bonds is 3. The molecule has 2 rings (SSSR count).